The van der Waals surface area contributed by atoms with Crippen molar-refractivity contribution in [1.82, 2.24) is 10.3 Å². The predicted molar refractivity (Wildman–Crippen MR) is 74.0 cm³/mol. The van der Waals surface area contributed by atoms with Crippen molar-refractivity contribution in [3.8, 4) is 0 Å². The van der Waals surface area contributed by atoms with Crippen LogP contribution in [0.4, 0.5) is 13.2 Å². The second-order valence-electron chi connectivity index (χ2n) is 4.89. The number of para-hydroxylation sites is 1. The lowest BCUT2D eigenvalue weighted by Gasteiger charge is -2.13. The van der Waals surface area contributed by atoms with E-state index in [4.69, 9.17) is 0 Å². The van der Waals surface area contributed by atoms with Gasteiger partial charge in [-0.05, 0) is 31.0 Å². The summed E-state index contributed by atoms with van der Waals surface area (Å²) in [6.45, 7) is 2.29. The fourth-order valence-corrected chi connectivity index (χ4v) is 2.25. The fourth-order valence-electron chi connectivity index (χ4n) is 2.25. The molecule has 0 atom stereocenters. The number of carbonyl (C=O) groups excluding carboxylic acids is 1. The molecule has 0 saturated carbocycles. The number of alkyl halides is 3. The van der Waals surface area contributed by atoms with E-state index in [1.807, 2.05) is 36.5 Å². The summed E-state index contributed by atoms with van der Waals surface area (Å²) in [5.41, 5.74) is 3.02. The van der Waals surface area contributed by atoms with Gasteiger partial charge in [0, 0.05) is 11.1 Å². The van der Waals surface area contributed by atoms with Gasteiger partial charge >= 0.3 is 6.18 Å². The van der Waals surface area contributed by atoms with Crippen LogP contribution in [-0.4, -0.2) is 23.6 Å². The summed E-state index contributed by atoms with van der Waals surface area (Å²) in [6.07, 6.45) is -4.51. The summed E-state index contributed by atoms with van der Waals surface area (Å²) >= 11 is 0. The first-order valence-corrected chi connectivity index (χ1v) is 6.46. The van der Waals surface area contributed by atoms with Gasteiger partial charge in [0.25, 0.3) is 0 Å². The molecule has 112 valence electrons. The van der Waals surface area contributed by atoms with Gasteiger partial charge in [0.15, 0.2) is 0 Å². The molecular formula is C15H15F3N2O. The van der Waals surface area contributed by atoms with Crippen LogP contribution in [0.1, 0.15) is 16.8 Å². The van der Waals surface area contributed by atoms with Crippen LogP contribution in [0.5, 0.6) is 0 Å². The van der Waals surface area contributed by atoms with Crippen LogP contribution >= 0.6 is 0 Å². The Balaban J connectivity index is 2.24. The molecule has 1 amide bonds. The van der Waals surface area contributed by atoms with Gasteiger partial charge in [-0.2, -0.15) is 13.2 Å². The zero-order valence-corrected chi connectivity index (χ0v) is 11.7. The minimum Gasteiger partial charge on any atom is -0.347 e. The maximum Gasteiger partial charge on any atom is 0.405 e. The third-order valence-electron chi connectivity index (χ3n) is 3.31. The van der Waals surface area contributed by atoms with Gasteiger partial charge in [-0.15, -0.1) is 0 Å². The molecule has 0 unspecified atom stereocenters. The zero-order valence-electron chi connectivity index (χ0n) is 11.7. The normalized spacial score (nSPS) is 11.7. The molecule has 6 heteroatoms. The summed E-state index contributed by atoms with van der Waals surface area (Å²) in [4.78, 5) is 16.1. The predicted octanol–water partition coefficient (Wildman–Crippen LogP) is 3.07. The van der Waals surface area contributed by atoms with Gasteiger partial charge in [0.1, 0.15) is 6.54 Å². The molecule has 1 N–H and O–H groups in total. The van der Waals surface area contributed by atoms with Gasteiger partial charge in [-0.1, -0.05) is 18.2 Å². The molecule has 1 aromatic carbocycles. The molecule has 0 aliphatic rings. The Bertz CT molecular complexity index is 680. The first kappa shape index (κ1) is 15.3. The number of aryl methyl sites for hydroxylation is 2. The van der Waals surface area contributed by atoms with Crippen molar-refractivity contribution in [2.75, 3.05) is 6.54 Å². The van der Waals surface area contributed by atoms with Crippen LogP contribution in [0.3, 0.4) is 0 Å². The summed E-state index contributed by atoms with van der Waals surface area (Å²) < 4.78 is 36.3. The smallest absolute Gasteiger partial charge is 0.347 e. The second kappa shape index (κ2) is 5.71. The number of hydrogen-bond donors (Lipinski definition) is 1. The minimum absolute atomic E-state index is 0.106. The number of hydrogen-bond acceptors (Lipinski definition) is 2. The molecule has 0 bridgehead atoms. The van der Waals surface area contributed by atoms with Crippen LogP contribution in [0, 0.1) is 13.8 Å². The Kier molecular flexibility index (Phi) is 4.16. The number of nitrogens with one attached hydrogen (secondary N) is 1. The molecule has 0 radical (unpaired) electrons. The molecule has 0 saturated heterocycles. The Morgan fingerprint density at radius 3 is 2.57 bits per heavy atom. The van der Waals surface area contributed by atoms with Gasteiger partial charge in [-0.25, -0.2) is 0 Å². The molecule has 0 aliphatic carbocycles. The first-order chi connectivity index (χ1) is 9.78. The highest BCUT2D eigenvalue weighted by molar-refractivity contribution is 5.86. The summed E-state index contributed by atoms with van der Waals surface area (Å²) in [5.74, 6) is -0.657. The molecule has 1 aromatic heterocycles. The number of benzene rings is 1. The Labute approximate surface area is 120 Å². The largest absolute Gasteiger partial charge is 0.405 e. The number of pyridine rings is 1. The zero-order chi connectivity index (χ0) is 15.6. The number of amides is 1. The topological polar surface area (TPSA) is 42.0 Å². The van der Waals surface area contributed by atoms with E-state index >= 15 is 0 Å². The molecule has 3 nitrogen and oxygen atoms in total. The summed E-state index contributed by atoms with van der Waals surface area (Å²) in [7, 11) is 0. The third-order valence-corrected chi connectivity index (χ3v) is 3.31. The highest BCUT2D eigenvalue weighted by atomic mass is 19.4. The van der Waals surface area contributed by atoms with Crippen molar-refractivity contribution in [2.45, 2.75) is 26.4 Å². The highest BCUT2D eigenvalue weighted by Crippen LogP contribution is 2.23. The van der Waals surface area contributed by atoms with Crippen LogP contribution in [-0.2, 0) is 11.2 Å². The van der Waals surface area contributed by atoms with E-state index in [1.165, 1.54) is 0 Å². The lowest BCUT2D eigenvalue weighted by Crippen LogP contribution is -2.34. The number of aromatic nitrogens is 1. The lowest BCUT2D eigenvalue weighted by atomic mass is 9.99. The fraction of sp³-hybridized carbons (Fsp3) is 0.333. The Morgan fingerprint density at radius 1 is 1.24 bits per heavy atom. The van der Waals surface area contributed by atoms with E-state index < -0.39 is 18.6 Å². The number of rotatable bonds is 3. The first-order valence-electron chi connectivity index (χ1n) is 6.46. The third kappa shape index (κ3) is 3.71. The number of carbonyl (C=O) groups is 1. The number of nitrogens with zero attached hydrogens (tertiary/aromatic N) is 1. The van der Waals surface area contributed by atoms with Crippen molar-refractivity contribution in [2.24, 2.45) is 0 Å². The van der Waals surface area contributed by atoms with Crippen molar-refractivity contribution >= 4 is 16.8 Å². The molecule has 1 heterocycles. The molecule has 0 spiro atoms. The Hall–Kier alpha value is -2.11. The van der Waals surface area contributed by atoms with E-state index in [2.05, 4.69) is 4.98 Å². The minimum atomic E-state index is -4.40. The van der Waals surface area contributed by atoms with E-state index in [0.29, 0.717) is 11.3 Å². The van der Waals surface area contributed by atoms with E-state index in [-0.39, 0.29) is 6.42 Å². The van der Waals surface area contributed by atoms with Crippen molar-refractivity contribution in [3.05, 3.63) is 41.1 Å². The average Bonchev–Trinajstić information content (AvgIpc) is 2.40. The van der Waals surface area contributed by atoms with E-state index in [9.17, 15) is 18.0 Å². The molecule has 0 fully saturated rings. The summed E-state index contributed by atoms with van der Waals surface area (Å²) in [6, 6.07) is 7.47. The lowest BCUT2D eigenvalue weighted by molar-refractivity contribution is -0.138. The Morgan fingerprint density at radius 2 is 1.90 bits per heavy atom. The van der Waals surface area contributed by atoms with Crippen LogP contribution < -0.4 is 5.32 Å². The van der Waals surface area contributed by atoms with Crippen molar-refractivity contribution < 1.29 is 18.0 Å². The second-order valence-corrected chi connectivity index (χ2v) is 4.89. The maximum absolute atomic E-state index is 12.1. The molecule has 21 heavy (non-hydrogen) atoms. The van der Waals surface area contributed by atoms with Gasteiger partial charge in [0.05, 0.1) is 11.9 Å². The highest BCUT2D eigenvalue weighted by Gasteiger charge is 2.27. The van der Waals surface area contributed by atoms with E-state index in [0.717, 1.165) is 16.5 Å². The summed E-state index contributed by atoms with van der Waals surface area (Å²) in [5, 5.41) is 2.79. The van der Waals surface area contributed by atoms with Crippen molar-refractivity contribution in [1.29, 1.82) is 0 Å². The quantitative estimate of drug-likeness (QED) is 0.945. The SMILES string of the molecule is Cc1nc2ccccc2c(C)c1CC(=O)NCC(F)(F)F. The molecule has 0 aliphatic heterocycles. The van der Waals surface area contributed by atoms with Crippen LogP contribution in [0.15, 0.2) is 24.3 Å². The maximum atomic E-state index is 12.1. The average molecular weight is 296 g/mol. The number of fused-ring (bicyclic) bond motifs is 1. The van der Waals surface area contributed by atoms with Crippen molar-refractivity contribution in [3.63, 3.8) is 0 Å². The number of halogens is 3. The molecule has 2 aromatic rings. The molecular weight excluding hydrogens is 281 g/mol. The van der Waals surface area contributed by atoms with Gasteiger partial charge in [-0.3, -0.25) is 9.78 Å². The van der Waals surface area contributed by atoms with Crippen LogP contribution in [0.25, 0.3) is 10.9 Å². The van der Waals surface area contributed by atoms with Crippen LogP contribution in [0.2, 0.25) is 0 Å². The van der Waals surface area contributed by atoms with Gasteiger partial charge in [0.2, 0.25) is 5.91 Å². The molecule has 2 rings (SSSR count). The standard InChI is InChI=1S/C15H15F3N2O/c1-9-11-5-3-4-6-13(11)20-10(2)12(9)7-14(21)19-8-15(16,17)18/h3-6H,7-8H2,1-2H3,(H,19,21). The van der Waals surface area contributed by atoms with E-state index in [1.54, 1.807) is 6.92 Å². The monoisotopic (exact) mass is 296 g/mol. The van der Waals surface area contributed by atoms with Gasteiger partial charge < -0.3 is 5.32 Å².